The molecule has 0 fully saturated rings. The quantitative estimate of drug-likeness (QED) is 0.609. The number of ketones is 1. The van der Waals surface area contributed by atoms with Crippen LogP contribution in [0.3, 0.4) is 0 Å². The lowest BCUT2D eigenvalue weighted by Crippen LogP contribution is -2.28. The molecule has 1 aromatic heterocycles. The summed E-state index contributed by atoms with van der Waals surface area (Å²) in [7, 11) is -3.31. The molecule has 0 atom stereocenters. The summed E-state index contributed by atoms with van der Waals surface area (Å²) in [5.41, 5.74) is 3.21. The number of pyridine rings is 1. The van der Waals surface area contributed by atoms with Crippen molar-refractivity contribution in [2.24, 2.45) is 0 Å². The molecule has 31 heavy (non-hydrogen) atoms. The first-order chi connectivity index (χ1) is 14.6. The summed E-state index contributed by atoms with van der Waals surface area (Å²) in [6.45, 7) is 2.23. The van der Waals surface area contributed by atoms with Gasteiger partial charge in [0, 0.05) is 36.8 Å². The molecule has 0 unspecified atom stereocenters. The first kappa shape index (κ1) is 23.0. The zero-order chi connectivity index (χ0) is 22.8. The topological polar surface area (TPSA) is 115 Å². The second kappa shape index (κ2) is 9.24. The van der Waals surface area contributed by atoms with Gasteiger partial charge in [-0.2, -0.15) is 5.26 Å². The van der Waals surface area contributed by atoms with Crippen LogP contribution in [-0.4, -0.2) is 38.5 Å². The molecule has 0 bridgehead atoms. The SMILES string of the molecule is CC1=CC(=O)Cc2c(NCCNS(C)(=O)=O)cncc2N1c1c(Cl)cc(C#N)cc1Cl. The van der Waals surface area contributed by atoms with Gasteiger partial charge in [0.05, 0.1) is 57.4 Å². The minimum Gasteiger partial charge on any atom is -0.382 e. The highest BCUT2D eigenvalue weighted by Crippen LogP contribution is 2.44. The lowest BCUT2D eigenvalue weighted by atomic mass is 10.1. The Balaban J connectivity index is 2.06. The average molecular weight is 480 g/mol. The molecule has 11 heteroatoms. The normalized spacial score (nSPS) is 13.8. The van der Waals surface area contributed by atoms with Crippen LogP contribution in [0.4, 0.5) is 17.1 Å². The smallest absolute Gasteiger partial charge is 0.208 e. The molecule has 0 saturated heterocycles. The standard InChI is InChI=1S/C20H19Cl2N5O3S/c1-12-5-14(28)8-15-18(25-3-4-26-31(2,29)30)10-24-11-19(15)27(12)20-16(21)6-13(9-23)7-17(20)22/h5-7,10-11,25-26H,3-4,8H2,1-2H3. The van der Waals surface area contributed by atoms with Gasteiger partial charge in [0.25, 0.3) is 0 Å². The van der Waals surface area contributed by atoms with Gasteiger partial charge in [-0.15, -0.1) is 0 Å². The molecule has 0 spiro atoms. The van der Waals surface area contributed by atoms with Crippen LogP contribution >= 0.6 is 23.2 Å². The number of halogens is 2. The number of fused-ring (bicyclic) bond motifs is 1. The summed E-state index contributed by atoms with van der Waals surface area (Å²) in [5.74, 6) is -0.120. The summed E-state index contributed by atoms with van der Waals surface area (Å²) >= 11 is 12.9. The van der Waals surface area contributed by atoms with Crippen molar-refractivity contribution in [2.45, 2.75) is 13.3 Å². The highest BCUT2D eigenvalue weighted by molar-refractivity contribution is 7.88. The third-order valence-corrected chi connectivity index (χ3v) is 5.83. The summed E-state index contributed by atoms with van der Waals surface area (Å²) in [6, 6.07) is 5.03. The molecule has 1 aromatic carbocycles. The Morgan fingerprint density at radius 1 is 1.23 bits per heavy atom. The molecule has 0 amide bonds. The van der Waals surface area contributed by atoms with Gasteiger partial charge in [0.2, 0.25) is 10.0 Å². The maximum atomic E-state index is 12.6. The molecule has 1 aliphatic rings. The number of aromatic nitrogens is 1. The number of sulfonamides is 1. The molecule has 8 nitrogen and oxygen atoms in total. The number of carbonyl (C=O) groups excluding carboxylic acids is 1. The highest BCUT2D eigenvalue weighted by atomic mass is 35.5. The molecule has 3 rings (SSSR count). The number of carbonyl (C=O) groups is 1. The second-order valence-corrected chi connectivity index (χ2v) is 9.59. The van der Waals surface area contributed by atoms with Crippen molar-refractivity contribution in [1.29, 1.82) is 5.26 Å². The van der Waals surface area contributed by atoms with Gasteiger partial charge < -0.3 is 10.2 Å². The molecule has 0 radical (unpaired) electrons. The second-order valence-electron chi connectivity index (χ2n) is 6.94. The summed E-state index contributed by atoms with van der Waals surface area (Å²) in [5, 5.41) is 12.8. The fourth-order valence-electron chi connectivity index (χ4n) is 3.29. The van der Waals surface area contributed by atoms with E-state index in [1.54, 1.807) is 24.2 Å². The van der Waals surface area contributed by atoms with E-state index < -0.39 is 10.0 Å². The Kier molecular flexibility index (Phi) is 6.86. The van der Waals surface area contributed by atoms with Crippen LogP contribution in [0.2, 0.25) is 10.0 Å². The summed E-state index contributed by atoms with van der Waals surface area (Å²) in [6.07, 6.45) is 5.88. The zero-order valence-electron chi connectivity index (χ0n) is 16.7. The molecule has 2 heterocycles. The third kappa shape index (κ3) is 5.35. The third-order valence-electron chi connectivity index (χ3n) is 4.52. The Bertz CT molecular complexity index is 1200. The van der Waals surface area contributed by atoms with Crippen molar-refractivity contribution >= 4 is 56.1 Å². The van der Waals surface area contributed by atoms with Crippen LogP contribution in [0.25, 0.3) is 0 Å². The number of allylic oxidation sites excluding steroid dienone is 2. The Labute approximate surface area is 190 Å². The minimum atomic E-state index is -3.31. The molecular formula is C20H19Cl2N5O3S. The van der Waals surface area contributed by atoms with Crippen molar-refractivity contribution in [1.82, 2.24) is 9.71 Å². The van der Waals surface area contributed by atoms with Crippen LogP contribution in [-0.2, 0) is 21.2 Å². The fourth-order valence-corrected chi connectivity index (χ4v) is 4.42. The van der Waals surface area contributed by atoms with Gasteiger partial charge in [-0.3, -0.25) is 9.78 Å². The number of nitrogens with one attached hydrogen (secondary N) is 2. The van der Waals surface area contributed by atoms with E-state index in [-0.39, 0.29) is 28.8 Å². The molecule has 0 saturated carbocycles. The van der Waals surface area contributed by atoms with Crippen LogP contribution in [0, 0.1) is 11.3 Å². The van der Waals surface area contributed by atoms with E-state index in [0.29, 0.717) is 40.4 Å². The van der Waals surface area contributed by atoms with E-state index in [9.17, 15) is 13.2 Å². The zero-order valence-corrected chi connectivity index (χ0v) is 19.1. The number of anilines is 3. The molecule has 2 aromatic rings. The number of hydrogen-bond acceptors (Lipinski definition) is 7. The van der Waals surface area contributed by atoms with Crippen LogP contribution in [0.1, 0.15) is 18.1 Å². The van der Waals surface area contributed by atoms with Crippen molar-refractivity contribution in [2.75, 3.05) is 29.6 Å². The van der Waals surface area contributed by atoms with E-state index in [0.717, 1.165) is 6.26 Å². The van der Waals surface area contributed by atoms with Gasteiger partial charge >= 0.3 is 0 Å². The monoisotopic (exact) mass is 479 g/mol. The van der Waals surface area contributed by atoms with E-state index in [4.69, 9.17) is 28.5 Å². The molecule has 0 aliphatic carbocycles. The largest absolute Gasteiger partial charge is 0.382 e. The number of rotatable bonds is 6. The first-order valence-electron chi connectivity index (χ1n) is 9.16. The Morgan fingerprint density at radius 2 is 1.90 bits per heavy atom. The lowest BCUT2D eigenvalue weighted by Gasteiger charge is -2.28. The van der Waals surface area contributed by atoms with Gasteiger partial charge in [-0.25, -0.2) is 13.1 Å². The lowest BCUT2D eigenvalue weighted by molar-refractivity contribution is -0.114. The van der Waals surface area contributed by atoms with Crippen molar-refractivity contribution in [3.05, 3.63) is 57.5 Å². The van der Waals surface area contributed by atoms with Gasteiger partial charge in [0.1, 0.15) is 0 Å². The molecular weight excluding hydrogens is 461 g/mol. The number of hydrogen-bond donors (Lipinski definition) is 2. The minimum absolute atomic E-state index is 0.110. The molecule has 162 valence electrons. The van der Waals surface area contributed by atoms with Crippen molar-refractivity contribution < 1.29 is 13.2 Å². The van der Waals surface area contributed by atoms with Gasteiger partial charge in [-0.05, 0) is 19.1 Å². The Hall–Kier alpha value is -2.64. The van der Waals surface area contributed by atoms with Crippen molar-refractivity contribution in [3.63, 3.8) is 0 Å². The first-order valence-corrected chi connectivity index (χ1v) is 11.8. The van der Waals surface area contributed by atoms with Crippen LogP contribution in [0.5, 0.6) is 0 Å². The van der Waals surface area contributed by atoms with Crippen LogP contribution < -0.4 is 14.9 Å². The van der Waals surface area contributed by atoms with Crippen molar-refractivity contribution in [3.8, 4) is 6.07 Å². The maximum absolute atomic E-state index is 12.6. The fraction of sp³-hybridized carbons (Fsp3) is 0.250. The predicted octanol–water partition coefficient (Wildman–Crippen LogP) is 3.39. The van der Waals surface area contributed by atoms with E-state index in [1.165, 1.54) is 18.2 Å². The molecule has 2 N–H and O–H groups in total. The molecule has 1 aliphatic heterocycles. The van der Waals surface area contributed by atoms with Gasteiger partial charge in [0.15, 0.2) is 5.78 Å². The van der Waals surface area contributed by atoms with E-state index >= 15 is 0 Å². The highest BCUT2D eigenvalue weighted by Gasteiger charge is 2.27. The van der Waals surface area contributed by atoms with Gasteiger partial charge in [-0.1, -0.05) is 23.2 Å². The van der Waals surface area contributed by atoms with E-state index in [1.807, 2.05) is 6.07 Å². The predicted molar refractivity (Wildman–Crippen MR) is 121 cm³/mol. The number of nitrogens with zero attached hydrogens (tertiary/aromatic N) is 3. The number of nitriles is 1. The van der Waals surface area contributed by atoms with Crippen LogP contribution in [0.15, 0.2) is 36.3 Å². The average Bonchev–Trinajstić information content (AvgIpc) is 2.80. The summed E-state index contributed by atoms with van der Waals surface area (Å²) < 4.78 is 24.9. The Morgan fingerprint density at radius 3 is 2.52 bits per heavy atom. The van der Waals surface area contributed by atoms with E-state index in [2.05, 4.69) is 15.0 Å². The maximum Gasteiger partial charge on any atom is 0.208 e. The summed E-state index contributed by atoms with van der Waals surface area (Å²) in [4.78, 5) is 18.6. The number of benzene rings is 1.